The minimum Gasteiger partial charge on any atom is -0.216 e. The number of hydrogen-bond acceptors (Lipinski definition) is 0. The molecule has 0 fully saturated rings. The van der Waals surface area contributed by atoms with Gasteiger partial charge in [-0.05, 0) is 6.90 Å². The van der Waals surface area contributed by atoms with Crippen LogP contribution in [0.15, 0.2) is 12.4 Å². The summed E-state index contributed by atoms with van der Waals surface area (Å²) in [7, 11) is 0. The second-order valence-corrected chi connectivity index (χ2v) is 0.313. The Hall–Kier alpha value is -0.330. The van der Waals surface area contributed by atoms with Crippen molar-refractivity contribution in [2.45, 2.75) is 6.90 Å². The molecule has 0 bridgehead atoms. The monoisotopic (exact) mass is 62.1 g/mol. The lowest BCUT2D eigenvalue weighted by Gasteiger charge is -1.45. The van der Waals surface area contributed by atoms with Crippen LogP contribution in [0.5, 0.6) is 0 Å². The van der Waals surface area contributed by atoms with Gasteiger partial charge in [-0.3, -0.25) is 0 Å². The molecule has 0 saturated heterocycles. The average Bonchev–Trinajstić information content (AvgIpc) is 1.65. The zero-order chi connectivity index (χ0) is 4.99. The van der Waals surface area contributed by atoms with Crippen molar-refractivity contribution in [2.24, 2.45) is 0 Å². The fraction of sp³-hybridized carbons (Fsp3) is 0.333. The molecule has 0 heterocycles. The third kappa shape index (κ3) is 1.67. The first-order valence-corrected chi connectivity index (χ1v) is 0.860. The number of allylic oxidation sites excluding steroid dienone is 1. The van der Waals surface area contributed by atoms with Crippen LogP contribution in [0.3, 0.4) is 0 Å². The Balaban J connectivity index is 3.22. The minimum atomic E-state index is -0.282. The van der Waals surface area contributed by atoms with E-state index in [2.05, 4.69) is 0 Å². The first-order chi connectivity index (χ1) is 2.81. The van der Waals surface area contributed by atoms with Crippen LogP contribution in [0.4, 0.5) is 4.39 Å². The lowest BCUT2D eigenvalue weighted by molar-refractivity contribution is 0.719. The predicted molar refractivity (Wildman–Crippen MR) is 15.9 cm³/mol. The molecule has 0 N–H and O–H groups in total. The van der Waals surface area contributed by atoms with Crippen molar-refractivity contribution in [2.75, 3.05) is 0 Å². The SMILES string of the molecule is [2H]C/C([2H])=C\F. The molecule has 0 aromatic heterocycles. The minimum absolute atomic E-state index is 0.118. The molecule has 0 saturated carbocycles. The molecule has 0 radical (unpaired) electrons. The van der Waals surface area contributed by atoms with E-state index < -0.39 is 0 Å². The van der Waals surface area contributed by atoms with Crippen LogP contribution in [-0.4, -0.2) is 0 Å². The van der Waals surface area contributed by atoms with E-state index in [1.165, 1.54) is 0 Å². The normalized spacial score (nSPS) is 18.8. The van der Waals surface area contributed by atoms with E-state index in [4.69, 9.17) is 2.74 Å². The van der Waals surface area contributed by atoms with Crippen molar-refractivity contribution in [3.05, 3.63) is 12.4 Å². The van der Waals surface area contributed by atoms with E-state index in [9.17, 15) is 4.39 Å². The highest BCUT2D eigenvalue weighted by Crippen LogP contribution is 1.62. The van der Waals surface area contributed by atoms with Gasteiger partial charge in [-0.2, -0.15) is 0 Å². The quantitative estimate of drug-likeness (QED) is 0.399. The van der Waals surface area contributed by atoms with Crippen LogP contribution in [0.25, 0.3) is 0 Å². The number of hydrogen-bond donors (Lipinski definition) is 0. The average molecular weight is 62.1 g/mol. The van der Waals surface area contributed by atoms with Gasteiger partial charge in [0.05, 0.1) is 7.70 Å². The van der Waals surface area contributed by atoms with E-state index >= 15 is 0 Å². The predicted octanol–water partition coefficient (Wildman–Crippen LogP) is 1.49. The van der Waals surface area contributed by atoms with Gasteiger partial charge in [0.15, 0.2) is 0 Å². The van der Waals surface area contributed by atoms with Crippen molar-refractivity contribution in [3.8, 4) is 0 Å². The topological polar surface area (TPSA) is 0 Å². The zero-order valence-electron chi connectivity index (χ0n) is 4.16. The summed E-state index contributed by atoms with van der Waals surface area (Å²) >= 11 is 0. The third-order valence-electron chi connectivity index (χ3n) is 0.0772. The van der Waals surface area contributed by atoms with Gasteiger partial charge in [-0.1, -0.05) is 6.05 Å². The maximum atomic E-state index is 10.9. The van der Waals surface area contributed by atoms with Crippen molar-refractivity contribution in [1.82, 2.24) is 0 Å². The maximum absolute atomic E-state index is 10.9. The molecule has 0 atom stereocenters. The van der Waals surface area contributed by atoms with Gasteiger partial charge >= 0.3 is 0 Å². The van der Waals surface area contributed by atoms with Crippen molar-refractivity contribution in [3.63, 3.8) is 0 Å². The molecule has 0 rings (SSSR count). The Morgan fingerprint density at radius 3 is 3.25 bits per heavy atom. The molecule has 0 aromatic rings. The summed E-state index contributed by atoms with van der Waals surface area (Å²) in [6.07, 6.45) is 0.118. The van der Waals surface area contributed by atoms with Crippen LogP contribution >= 0.6 is 0 Å². The second kappa shape index (κ2) is 2.67. The molecule has 0 aliphatic carbocycles. The van der Waals surface area contributed by atoms with Gasteiger partial charge in [0.2, 0.25) is 0 Å². The van der Waals surface area contributed by atoms with Gasteiger partial charge in [0.25, 0.3) is 0 Å². The Morgan fingerprint density at radius 1 is 2.50 bits per heavy atom. The van der Waals surface area contributed by atoms with E-state index in [1.54, 1.807) is 0 Å². The summed E-state index contributed by atoms with van der Waals surface area (Å²) in [6.45, 7) is -0.267. The van der Waals surface area contributed by atoms with E-state index in [-0.39, 0.29) is 19.3 Å². The highest BCUT2D eigenvalue weighted by atomic mass is 19.1. The van der Waals surface area contributed by atoms with Crippen LogP contribution in [0, 0.1) is 0 Å². The molecule has 0 amide bonds. The largest absolute Gasteiger partial charge is 0.216 e. The van der Waals surface area contributed by atoms with Crippen molar-refractivity contribution < 1.29 is 7.13 Å². The molecular weight excluding hydrogens is 55.0 g/mol. The smallest absolute Gasteiger partial charge is 0.0824 e. The van der Waals surface area contributed by atoms with Gasteiger partial charge < -0.3 is 0 Å². The first kappa shape index (κ1) is 1.20. The van der Waals surface area contributed by atoms with Gasteiger partial charge in [0, 0.05) is 1.37 Å². The van der Waals surface area contributed by atoms with E-state index in [0.29, 0.717) is 0 Å². The second-order valence-electron chi connectivity index (χ2n) is 0.313. The van der Waals surface area contributed by atoms with Gasteiger partial charge in [-0.25, -0.2) is 4.39 Å². The molecule has 0 unspecified atom stereocenters. The summed E-state index contributed by atoms with van der Waals surface area (Å²) in [5.74, 6) is 0. The zero-order valence-corrected chi connectivity index (χ0v) is 2.16. The van der Waals surface area contributed by atoms with Crippen LogP contribution in [0.2, 0.25) is 0 Å². The van der Waals surface area contributed by atoms with Gasteiger partial charge in [-0.15, -0.1) is 0 Å². The van der Waals surface area contributed by atoms with Crippen LogP contribution in [0.1, 0.15) is 9.64 Å². The molecule has 0 aliphatic heterocycles. The first-order valence-electron chi connectivity index (χ1n) is 2.07. The van der Waals surface area contributed by atoms with Crippen LogP contribution < -0.4 is 0 Å². The van der Waals surface area contributed by atoms with Crippen molar-refractivity contribution in [1.29, 1.82) is 0 Å². The molecule has 0 aromatic carbocycles. The van der Waals surface area contributed by atoms with E-state index in [0.717, 1.165) is 0 Å². The molecule has 0 nitrogen and oxygen atoms in total. The highest BCUT2D eigenvalue weighted by molar-refractivity contribution is 4.61. The van der Waals surface area contributed by atoms with Crippen molar-refractivity contribution >= 4 is 0 Å². The molecule has 1 heteroatoms. The van der Waals surface area contributed by atoms with Gasteiger partial charge in [0.1, 0.15) is 0 Å². The number of rotatable bonds is 0. The summed E-state index contributed by atoms with van der Waals surface area (Å²) < 4.78 is 23.6. The highest BCUT2D eigenvalue weighted by Gasteiger charge is 1.38. The molecule has 4 heavy (non-hydrogen) atoms. The molecule has 0 aliphatic rings. The summed E-state index contributed by atoms with van der Waals surface area (Å²) in [5, 5.41) is 0. The standard InChI is InChI=1S/C3H5F/c1-2-3-4/h2-3H,1H3/b3-2-/i1D,2D. The summed E-state index contributed by atoms with van der Waals surface area (Å²) in [4.78, 5) is 0. The number of halogens is 1. The Bertz CT molecular complexity index is 59.8. The Labute approximate surface area is 27.8 Å². The fourth-order valence-electron chi connectivity index (χ4n) is 0. The fourth-order valence-corrected chi connectivity index (χ4v) is 0. The Kier molecular flexibility index (Phi) is 0.801. The van der Waals surface area contributed by atoms with Crippen LogP contribution in [-0.2, 0) is 0 Å². The maximum Gasteiger partial charge on any atom is 0.0824 e. The summed E-state index contributed by atoms with van der Waals surface area (Å²) in [6, 6.07) is -0.282. The molecular formula is C3H5F. The molecule has 0 spiro atoms. The Morgan fingerprint density at radius 2 is 3.25 bits per heavy atom. The molecule has 24 valence electrons. The lowest BCUT2D eigenvalue weighted by Crippen LogP contribution is -1.22. The summed E-state index contributed by atoms with van der Waals surface area (Å²) in [5.41, 5.74) is 0. The van der Waals surface area contributed by atoms with E-state index in [1.807, 2.05) is 0 Å². The lowest BCUT2D eigenvalue weighted by atomic mass is 10.8. The third-order valence-corrected chi connectivity index (χ3v) is 0.0772.